The van der Waals surface area contributed by atoms with Crippen molar-refractivity contribution in [2.75, 3.05) is 14.7 Å². The lowest BCUT2D eigenvalue weighted by molar-refractivity contribution is 0.179. The summed E-state index contributed by atoms with van der Waals surface area (Å²) in [6.07, 6.45) is 5.07. The minimum atomic E-state index is -0.104. The van der Waals surface area contributed by atoms with E-state index in [-0.39, 0.29) is 6.71 Å². The van der Waals surface area contributed by atoms with Gasteiger partial charge in [0, 0.05) is 62.8 Å². The third-order valence-electron chi connectivity index (χ3n) is 18.0. The Morgan fingerprint density at radius 2 is 0.725 bits per heavy atom. The SMILES string of the molecule is CC1CC2CC(C)N(c3ccc4c(c3)N(c3c(-c5ccccc5)cccc3-c3ccccc3)c3cc(-c5ccccc5)cc5c3B4c3ccc(-c4ccccc4)cc3N5c3c(-c4ccccc4)cccc3-c3ccccc3)C(C1)C2. The van der Waals surface area contributed by atoms with Gasteiger partial charge in [0.15, 0.2) is 0 Å². The minimum Gasteiger partial charge on any atom is -0.366 e. The first-order chi connectivity index (χ1) is 39.5. The summed E-state index contributed by atoms with van der Waals surface area (Å²) < 4.78 is 0. The largest absolute Gasteiger partial charge is 0.366 e. The van der Waals surface area contributed by atoms with Crippen LogP contribution in [0.3, 0.4) is 0 Å². The van der Waals surface area contributed by atoms with Crippen molar-refractivity contribution in [2.45, 2.75) is 51.6 Å². The molecule has 11 aromatic rings. The van der Waals surface area contributed by atoms with Crippen molar-refractivity contribution in [3.63, 3.8) is 0 Å². The molecule has 384 valence electrons. The molecule has 15 rings (SSSR count). The Kier molecular flexibility index (Phi) is 12.0. The van der Waals surface area contributed by atoms with Gasteiger partial charge >= 0.3 is 0 Å². The second kappa shape index (κ2) is 20.0. The predicted octanol–water partition coefficient (Wildman–Crippen LogP) is 18.2. The van der Waals surface area contributed by atoms with Crippen molar-refractivity contribution in [3.8, 4) is 66.8 Å². The topological polar surface area (TPSA) is 9.72 Å². The summed E-state index contributed by atoms with van der Waals surface area (Å²) in [6.45, 7) is 4.87. The Morgan fingerprint density at radius 3 is 1.19 bits per heavy atom. The average molecular weight is 1030 g/mol. The van der Waals surface area contributed by atoms with Gasteiger partial charge in [-0.05, 0) is 136 Å². The number of anilines is 7. The molecule has 1 aliphatic carbocycles. The van der Waals surface area contributed by atoms with Crippen LogP contribution < -0.4 is 31.1 Å². The van der Waals surface area contributed by atoms with E-state index in [1.807, 2.05) is 0 Å². The van der Waals surface area contributed by atoms with Gasteiger partial charge in [-0.3, -0.25) is 0 Å². The average Bonchev–Trinajstić information content (AvgIpc) is 3.18. The van der Waals surface area contributed by atoms with Gasteiger partial charge in [-0.2, -0.15) is 0 Å². The molecule has 4 atom stereocenters. The van der Waals surface area contributed by atoms with E-state index in [0.29, 0.717) is 18.0 Å². The number of nitrogens with zero attached hydrogens (tertiary/aromatic N) is 3. The van der Waals surface area contributed by atoms with Gasteiger partial charge in [0.1, 0.15) is 0 Å². The van der Waals surface area contributed by atoms with E-state index < -0.39 is 0 Å². The monoisotopic (exact) mass is 1030 g/mol. The third kappa shape index (κ3) is 8.19. The van der Waals surface area contributed by atoms with Crippen LogP contribution >= 0.6 is 0 Å². The second-order valence-corrected chi connectivity index (χ2v) is 23.0. The molecule has 1 saturated heterocycles. The Labute approximate surface area is 472 Å². The summed E-state index contributed by atoms with van der Waals surface area (Å²) in [4.78, 5) is 8.22. The van der Waals surface area contributed by atoms with E-state index in [9.17, 15) is 0 Å². The highest BCUT2D eigenvalue weighted by atomic mass is 15.2. The number of hydrogen-bond acceptors (Lipinski definition) is 3. The normalized spacial score (nSPS) is 17.8. The zero-order valence-electron chi connectivity index (χ0n) is 45.5. The lowest BCUT2D eigenvalue weighted by Crippen LogP contribution is -2.61. The van der Waals surface area contributed by atoms with Crippen LogP contribution in [0.1, 0.15) is 39.5 Å². The van der Waals surface area contributed by atoms with Gasteiger partial charge in [0.2, 0.25) is 0 Å². The van der Waals surface area contributed by atoms with Crippen LogP contribution in [-0.4, -0.2) is 18.8 Å². The van der Waals surface area contributed by atoms with E-state index in [2.05, 4.69) is 295 Å². The smallest absolute Gasteiger partial charge is 0.252 e. The summed E-state index contributed by atoms with van der Waals surface area (Å²) in [5, 5.41) is 0. The van der Waals surface area contributed by atoms with Crippen LogP contribution in [0.2, 0.25) is 0 Å². The lowest BCUT2D eigenvalue weighted by atomic mass is 9.33. The zero-order chi connectivity index (χ0) is 53.3. The standard InChI is InChI=1S/C76H62BN3/c1-51-43-53-45-52(2)78(63(44-51)46-53)62-40-42-69-71(50-62)80(76-66(58-31-17-7-18-32-58)37-22-38-67(76)59-33-19-8-20-34-59)73-49-61(55-25-11-4-12-26-55)48-72-74(73)77(69)68-41-39-60(54-23-9-3-10-24-54)47-70(68)79(72)75-64(56-27-13-5-14-28-56)35-21-36-65(75)57-29-15-6-16-30-57/h3-42,47-53,63H,43-46H2,1-2H3. The van der Waals surface area contributed by atoms with E-state index in [1.165, 1.54) is 143 Å². The van der Waals surface area contributed by atoms with Gasteiger partial charge in [-0.15, -0.1) is 0 Å². The highest BCUT2D eigenvalue weighted by Gasteiger charge is 2.46. The Bertz CT molecular complexity index is 3950. The molecule has 0 N–H and O–H groups in total. The number of piperidine rings is 1. The Balaban J connectivity index is 1.10. The van der Waals surface area contributed by atoms with Crippen LogP contribution in [0.25, 0.3) is 66.8 Å². The molecule has 0 amide bonds. The fraction of sp³-hybridized carbons (Fsp3) is 0.132. The van der Waals surface area contributed by atoms with Gasteiger partial charge < -0.3 is 14.7 Å². The molecule has 0 radical (unpaired) electrons. The number of para-hydroxylation sites is 2. The van der Waals surface area contributed by atoms with Gasteiger partial charge in [-0.1, -0.05) is 244 Å². The van der Waals surface area contributed by atoms with Gasteiger partial charge in [0.05, 0.1) is 11.4 Å². The first-order valence-corrected chi connectivity index (χ1v) is 29.0. The summed E-state index contributed by atoms with van der Waals surface area (Å²) >= 11 is 0. The number of fused-ring (bicyclic) bond motifs is 6. The summed E-state index contributed by atoms with van der Waals surface area (Å²) in [7, 11) is 0. The molecule has 2 bridgehead atoms. The van der Waals surface area contributed by atoms with Crippen molar-refractivity contribution in [2.24, 2.45) is 11.8 Å². The first kappa shape index (κ1) is 48.0. The first-order valence-electron chi connectivity index (χ1n) is 29.0. The highest BCUT2D eigenvalue weighted by molar-refractivity contribution is 7.00. The fourth-order valence-corrected chi connectivity index (χ4v) is 14.7. The van der Waals surface area contributed by atoms with E-state index in [4.69, 9.17) is 0 Å². The van der Waals surface area contributed by atoms with Crippen LogP contribution in [-0.2, 0) is 0 Å². The molecule has 3 aliphatic heterocycles. The van der Waals surface area contributed by atoms with Crippen molar-refractivity contribution >= 4 is 62.9 Å². The molecule has 0 spiro atoms. The molecule has 3 heterocycles. The molecule has 4 unspecified atom stereocenters. The van der Waals surface area contributed by atoms with E-state index >= 15 is 0 Å². The predicted molar refractivity (Wildman–Crippen MR) is 340 cm³/mol. The lowest BCUT2D eigenvalue weighted by Gasteiger charge is -2.51. The third-order valence-corrected chi connectivity index (χ3v) is 18.0. The van der Waals surface area contributed by atoms with Crippen molar-refractivity contribution in [1.29, 1.82) is 0 Å². The second-order valence-electron chi connectivity index (χ2n) is 23.0. The highest BCUT2D eigenvalue weighted by Crippen LogP contribution is 2.54. The van der Waals surface area contributed by atoms with E-state index in [1.54, 1.807) is 0 Å². The quantitative estimate of drug-likeness (QED) is 0.133. The molecule has 4 aliphatic rings. The zero-order valence-corrected chi connectivity index (χ0v) is 45.5. The molecule has 4 heteroatoms. The molecule has 3 nitrogen and oxygen atoms in total. The summed E-state index contributed by atoms with van der Waals surface area (Å²) in [5.41, 5.74) is 26.5. The Hall–Kier alpha value is -9.12. The van der Waals surface area contributed by atoms with E-state index in [0.717, 1.165) is 11.6 Å². The number of rotatable bonds is 9. The maximum atomic E-state index is 2.83. The van der Waals surface area contributed by atoms with Crippen LogP contribution in [0.15, 0.2) is 267 Å². The van der Waals surface area contributed by atoms with Crippen LogP contribution in [0.4, 0.5) is 39.8 Å². The molecule has 0 aromatic heterocycles. The Morgan fingerprint density at radius 1 is 0.325 bits per heavy atom. The maximum Gasteiger partial charge on any atom is 0.252 e. The van der Waals surface area contributed by atoms with Crippen LogP contribution in [0, 0.1) is 11.8 Å². The maximum absolute atomic E-state index is 2.83. The van der Waals surface area contributed by atoms with Crippen LogP contribution in [0.5, 0.6) is 0 Å². The fourth-order valence-electron chi connectivity index (χ4n) is 14.7. The van der Waals surface area contributed by atoms with Crippen molar-refractivity contribution in [1.82, 2.24) is 0 Å². The molecule has 2 fully saturated rings. The molecule has 1 saturated carbocycles. The number of hydrogen-bond donors (Lipinski definition) is 0. The molecular formula is C76H62BN3. The van der Waals surface area contributed by atoms with Gasteiger partial charge in [-0.25, -0.2) is 0 Å². The van der Waals surface area contributed by atoms with Gasteiger partial charge in [0.25, 0.3) is 6.71 Å². The number of benzene rings is 11. The molecule has 11 aromatic carbocycles. The minimum absolute atomic E-state index is 0.104. The van der Waals surface area contributed by atoms with Crippen molar-refractivity contribution < 1.29 is 0 Å². The molecular weight excluding hydrogens is 966 g/mol. The molecule has 80 heavy (non-hydrogen) atoms. The van der Waals surface area contributed by atoms with Crippen molar-refractivity contribution in [3.05, 3.63) is 267 Å². The summed E-state index contributed by atoms with van der Waals surface area (Å²) in [6, 6.07) is 101. The summed E-state index contributed by atoms with van der Waals surface area (Å²) in [5.74, 6) is 1.50.